The largest absolute Gasteiger partial charge is 0.354 e. The predicted molar refractivity (Wildman–Crippen MR) is 85.4 cm³/mol. The first-order valence-electron chi connectivity index (χ1n) is 8.05. The molecule has 1 fully saturated rings. The molecule has 5 nitrogen and oxygen atoms in total. The summed E-state index contributed by atoms with van der Waals surface area (Å²) in [5, 5.41) is 10.3. The number of aromatic nitrogens is 2. The third-order valence-corrected chi connectivity index (χ3v) is 4.48. The van der Waals surface area contributed by atoms with Crippen LogP contribution in [0, 0.1) is 11.6 Å². The second-order valence-electron chi connectivity index (χ2n) is 5.97. The van der Waals surface area contributed by atoms with Crippen LogP contribution in [0.5, 0.6) is 0 Å². The molecule has 2 N–H and O–H groups in total. The van der Waals surface area contributed by atoms with Crippen LogP contribution in [-0.4, -0.2) is 35.3 Å². The van der Waals surface area contributed by atoms with E-state index < -0.39 is 17.2 Å². The minimum Gasteiger partial charge on any atom is -0.354 e. The summed E-state index contributed by atoms with van der Waals surface area (Å²) < 4.78 is 28.5. The van der Waals surface area contributed by atoms with Crippen LogP contribution in [-0.2, 0) is 16.8 Å². The number of nitrogens with one attached hydrogen (secondary N) is 2. The van der Waals surface area contributed by atoms with Crippen molar-refractivity contribution >= 4 is 5.91 Å². The van der Waals surface area contributed by atoms with Gasteiger partial charge in [-0.3, -0.25) is 9.48 Å². The summed E-state index contributed by atoms with van der Waals surface area (Å²) in [7, 11) is 0. The van der Waals surface area contributed by atoms with E-state index in [2.05, 4.69) is 15.7 Å². The fourth-order valence-corrected chi connectivity index (χ4v) is 3.13. The van der Waals surface area contributed by atoms with Crippen LogP contribution in [0.25, 0.3) is 0 Å². The summed E-state index contributed by atoms with van der Waals surface area (Å²) in [5.74, 6) is -1.08. The van der Waals surface area contributed by atoms with E-state index in [0.717, 1.165) is 31.3 Å². The normalized spacial score (nSPS) is 16.8. The van der Waals surface area contributed by atoms with Crippen LogP contribution in [0.2, 0.25) is 0 Å². The Morgan fingerprint density at radius 2 is 2.12 bits per heavy atom. The Bertz CT molecular complexity index is 697. The fourth-order valence-electron chi connectivity index (χ4n) is 3.13. The molecule has 2 heterocycles. The molecule has 1 amide bonds. The highest BCUT2D eigenvalue weighted by atomic mass is 19.1. The van der Waals surface area contributed by atoms with Crippen LogP contribution >= 0.6 is 0 Å². The maximum absolute atomic E-state index is 13.6. The smallest absolute Gasteiger partial charge is 0.248 e. The van der Waals surface area contributed by atoms with Crippen LogP contribution < -0.4 is 10.6 Å². The molecular formula is C17H20F2N4O. The van der Waals surface area contributed by atoms with Gasteiger partial charge in [-0.15, -0.1) is 0 Å². The molecule has 24 heavy (non-hydrogen) atoms. The Hall–Kier alpha value is -2.28. The fraction of sp³-hybridized carbons (Fsp3) is 0.412. The Morgan fingerprint density at radius 1 is 1.33 bits per heavy atom. The van der Waals surface area contributed by atoms with E-state index in [0.29, 0.717) is 12.8 Å². The average Bonchev–Trinajstić information content (AvgIpc) is 3.13. The maximum Gasteiger partial charge on any atom is 0.248 e. The number of benzene rings is 1. The Kier molecular flexibility index (Phi) is 4.89. The van der Waals surface area contributed by atoms with E-state index in [1.54, 1.807) is 23.1 Å². The molecule has 2 aromatic rings. The van der Waals surface area contributed by atoms with Gasteiger partial charge in [0.2, 0.25) is 5.91 Å². The molecule has 0 spiro atoms. The minimum atomic E-state index is -0.727. The van der Waals surface area contributed by atoms with E-state index in [-0.39, 0.29) is 24.4 Å². The van der Waals surface area contributed by atoms with Crippen molar-refractivity contribution < 1.29 is 13.6 Å². The van der Waals surface area contributed by atoms with Crippen molar-refractivity contribution in [2.45, 2.75) is 24.8 Å². The van der Waals surface area contributed by atoms with Gasteiger partial charge in [-0.2, -0.15) is 5.10 Å². The van der Waals surface area contributed by atoms with Gasteiger partial charge in [0.05, 0.1) is 0 Å². The second kappa shape index (κ2) is 7.09. The van der Waals surface area contributed by atoms with Gasteiger partial charge < -0.3 is 10.6 Å². The highest BCUT2D eigenvalue weighted by molar-refractivity contribution is 5.84. The molecule has 0 saturated carbocycles. The van der Waals surface area contributed by atoms with E-state index in [1.807, 2.05) is 0 Å². The number of rotatable bonds is 5. The zero-order valence-corrected chi connectivity index (χ0v) is 13.3. The molecule has 1 saturated heterocycles. The molecule has 1 aliphatic heterocycles. The number of carbonyl (C=O) groups excluding carboxylic acids is 1. The van der Waals surface area contributed by atoms with Crippen molar-refractivity contribution in [2.75, 3.05) is 19.6 Å². The first-order valence-corrected chi connectivity index (χ1v) is 8.05. The molecule has 0 bridgehead atoms. The lowest BCUT2D eigenvalue weighted by Gasteiger charge is -2.36. The molecule has 0 aliphatic carbocycles. The number of hydrogen-bond donors (Lipinski definition) is 2. The number of halogens is 2. The van der Waals surface area contributed by atoms with Gasteiger partial charge in [0.15, 0.2) is 0 Å². The molecule has 7 heteroatoms. The molecule has 1 aliphatic rings. The molecule has 128 valence electrons. The van der Waals surface area contributed by atoms with E-state index in [4.69, 9.17) is 0 Å². The minimum absolute atomic E-state index is 0.135. The summed E-state index contributed by atoms with van der Waals surface area (Å²) >= 11 is 0. The molecule has 1 aromatic carbocycles. The standard InChI is InChI=1S/C17H20F2N4O/c18-14-2-3-15(19)13(12-14)4-8-21-16(24)17(5-9-20-10-6-17)23-11-1-7-22-23/h1-3,7,11-12,20H,4-6,8-10H2,(H,21,24). The topological polar surface area (TPSA) is 59.0 Å². The van der Waals surface area contributed by atoms with Crippen molar-refractivity contribution in [3.63, 3.8) is 0 Å². The molecule has 0 atom stereocenters. The molecular weight excluding hydrogens is 314 g/mol. The lowest BCUT2D eigenvalue weighted by atomic mass is 9.87. The summed E-state index contributed by atoms with van der Waals surface area (Å²) in [6.07, 6.45) is 4.95. The van der Waals surface area contributed by atoms with Gasteiger partial charge in [0.1, 0.15) is 17.2 Å². The van der Waals surface area contributed by atoms with Gasteiger partial charge in [-0.05, 0) is 62.2 Å². The quantitative estimate of drug-likeness (QED) is 0.873. The van der Waals surface area contributed by atoms with Crippen LogP contribution in [0.1, 0.15) is 18.4 Å². The summed E-state index contributed by atoms with van der Waals surface area (Å²) in [4.78, 5) is 12.8. The second-order valence-corrected chi connectivity index (χ2v) is 5.97. The number of hydrogen-bond acceptors (Lipinski definition) is 3. The molecule has 0 radical (unpaired) electrons. The van der Waals surface area contributed by atoms with Crippen molar-refractivity contribution in [3.8, 4) is 0 Å². The number of carbonyl (C=O) groups is 1. The number of nitrogens with zero attached hydrogens (tertiary/aromatic N) is 2. The third-order valence-electron chi connectivity index (χ3n) is 4.48. The van der Waals surface area contributed by atoms with Crippen molar-refractivity contribution in [2.24, 2.45) is 0 Å². The predicted octanol–water partition coefficient (Wildman–Crippen LogP) is 1.60. The zero-order valence-electron chi connectivity index (χ0n) is 13.3. The maximum atomic E-state index is 13.6. The van der Waals surface area contributed by atoms with E-state index in [1.165, 1.54) is 0 Å². The summed E-state index contributed by atoms with van der Waals surface area (Å²) in [5.41, 5.74) is -0.469. The monoisotopic (exact) mass is 334 g/mol. The summed E-state index contributed by atoms with van der Waals surface area (Å²) in [6.45, 7) is 1.70. The van der Waals surface area contributed by atoms with Gasteiger partial charge in [-0.1, -0.05) is 0 Å². The average molecular weight is 334 g/mol. The van der Waals surface area contributed by atoms with Crippen molar-refractivity contribution in [3.05, 3.63) is 53.9 Å². The number of piperidine rings is 1. The van der Waals surface area contributed by atoms with Crippen LogP contribution in [0.3, 0.4) is 0 Å². The lowest BCUT2D eigenvalue weighted by molar-refractivity contribution is -0.131. The van der Waals surface area contributed by atoms with Crippen molar-refractivity contribution in [1.82, 2.24) is 20.4 Å². The third kappa shape index (κ3) is 3.31. The zero-order chi connectivity index (χ0) is 17.0. The Balaban J connectivity index is 1.67. The Labute approximate surface area is 139 Å². The molecule has 0 unspecified atom stereocenters. The van der Waals surface area contributed by atoms with Gasteiger partial charge in [-0.25, -0.2) is 8.78 Å². The van der Waals surface area contributed by atoms with E-state index >= 15 is 0 Å². The first kappa shape index (κ1) is 16.6. The molecule has 3 rings (SSSR count). The highest BCUT2D eigenvalue weighted by Gasteiger charge is 2.41. The van der Waals surface area contributed by atoms with Gasteiger partial charge >= 0.3 is 0 Å². The lowest BCUT2D eigenvalue weighted by Crippen LogP contribution is -2.54. The van der Waals surface area contributed by atoms with E-state index in [9.17, 15) is 13.6 Å². The van der Waals surface area contributed by atoms with Crippen LogP contribution in [0.4, 0.5) is 8.78 Å². The Morgan fingerprint density at radius 3 is 2.83 bits per heavy atom. The SMILES string of the molecule is O=C(NCCc1cc(F)ccc1F)C1(n2cccn2)CCNCC1. The summed E-state index contributed by atoms with van der Waals surface area (Å²) in [6, 6.07) is 5.14. The van der Waals surface area contributed by atoms with Crippen LogP contribution in [0.15, 0.2) is 36.7 Å². The first-order chi connectivity index (χ1) is 11.6. The highest BCUT2D eigenvalue weighted by Crippen LogP contribution is 2.27. The molecule has 1 aromatic heterocycles. The van der Waals surface area contributed by atoms with Gasteiger partial charge in [0, 0.05) is 18.9 Å². The van der Waals surface area contributed by atoms with Gasteiger partial charge in [0.25, 0.3) is 0 Å². The number of amides is 1. The van der Waals surface area contributed by atoms with Crippen molar-refractivity contribution in [1.29, 1.82) is 0 Å².